The van der Waals surface area contributed by atoms with E-state index in [0.29, 0.717) is 11.8 Å². The molecule has 1 aliphatic carbocycles. The van der Waals surface area contributed by atoms with Crippen molar-refractivity contribution >= 4 is 0 Å². The Kier molecular flexibility index (Phi) is 2.84. The predicted molar refractivity (Wildman–Crippen MR) is 70.5 cm³/mol. The summed E-state index contributed by atoms with van der Waals surface area (Å²) in [5.74, 6) is 3.51. The maximum absolute atomic E-state index is 9.98. The van der Waals surface area contributed by atoms with Gasteiger partial charge >= 0.3 is 0 Å². The second-order valence-corrected chi connectivity index (χ2v) is 6.40. The molecule has 2 fully saturated rings. The molecule has 0 aromatic carbocycles. The van der Waals surface area contributed by atoms with Gasteiger partial charge in [-0.25, -0.2) is 0 Å². The smallest absolute Gasteiger partial charge is 0.147 e. The Hall–Kier alpha value is -0.940. The fraction of sp³-hybridized carbons (Fsp3) is 0.857. The van der Waals surface area contributed by atoms with Gasteiger partial charge in [-0.1, -0.05) is 0 Å². The van der Waals surface area contributed by atoms with Gasteiger partial charge < -0.3 is 9.67 Å². The normalized spacial score (nSPS) is 34.5. The standard InChI is InChI=1S/C14H22N4O/c19-12-5-4-10-7-17(8-11(10)12)9-14-16-15-13-3-1-2-6-18(13)14/h10-12,19H,1-9H2. The molecule has 1 aromatic heterocycles. The molecular weight excluding hydrogens is 240 g/mol. The lowest BCUT2D eigenvalue weighted by Gasteiger charge is -2.20. The number of aryl methyl sites for hydroxylation is 1. The van der Waals surface area contributed by atoms with E-state index in [0.717, 1.165) is 44.8 Å². The largest absolute Gasteiger partial charge is 0.393 e. The van der Waals surface area contributed by atoms with Gasteiger partial charge in [-0.15, -0.1) is 10.2 Å². The Bertz CT molecular complexity index is 472. The van der Waals surface area contributed by atoms with Crippen LogP contribution < -0.4 is 0 Å². The number of hydrogen-bond acceptors (Lipinski definition) is 4. The first-order valence-corrected chi connectivity index (χ1v) is 7.62. The summed E-state index contributed by atoms with van der Waals surface area (Å²) in [6, 6.07) is 0. The van der Waals surface area contributed by atoms with E-state index in [2.05, 4.69) is 19.7 Å². The summed E-state index contributed by atoms with van der Waals surface area (Å²) in [5.41, 5.74) is 0. The SMILES string of the molecule is OC1CCC2CN(Cc3nnc4n3CCCC4)CC12. The number of fused-ring (bicyclic) bond motifs is 2. The van der Waals surface area contributed by atoms with Gasteiger partial charge in [-0.2, -0.15) is 0 Å². The highest BCUT2D eigenvalue weighted by molar-refractivity contribution is 5.01. The highest BCUT2D eigenvalue weighted by Crippen LogP contribution is 2.38. The van der Waals surface area contributed by atoms with Crippen molar-refractivity contribution in [2.24, 2.45) is 11.8 Å². The number of rotatable bonds is 2. The second kappa shape index (κ2) is 4.56. The van der Waals surface area contributed by atoms with Crippen molar-refractivity contribution in [3.63, 3.8) is 0 Å². The van der Waals surface area contributed by atoms with E-state index in [9.17, 15) is 5.11 Å². The third kappa shape index (κ3) is 1.99. The van der Waals surface area contributed by atoms with E-state index in [1.54, 1.807) is 0 Å². The van der Waals surface area contributed by atoms with Crippen LogP contribution in [0.2, 0.25) is 0 Å². The topological polar surface area (TPSA) is 54.2 Å². The summed E-state index contributed by atoms with van der Waals surface area (Å²) in [4.78, 5) is 2.46. The van der Waals surface area contributed by atoms with Gasteiger partial charge in [0.15, 0.2) is 0 Å². The molecule has 0 bridgehead atoms. The summed E-state index contributed by atoms with van der Waals surface area (Å²) in [6.07, 6.45) is 5.71. The number of hydrogen-bond donors (Lipinski definition) is 1. The van der Waals surface area contributed by atoms with Crippen LogP contribution in [0.15, 0.2) is 0 Å². The Morgan fingerprint density at radius 1 is 1.16 bits per heavy atom. The van der Waals surface area contributed by atoms with E-state index in [4.69, 9.17) is 0 Å². The molecule has 19 heavy (non-hydrogen) atoms. The minimum atomic E-state index is -0.0673. The van der Waals surface area contributed by atoms with Crippen LogP contribution in [0.3, 0.4) is 0 Å². The van der Waals surface area contributed by atoms with Crippen molar-refractivity contribution in [1.29, 1.82) is 0 Å². The van der Waals surface area contributed by atoms with E-state index in [1.165, 1.54) is 25.1 Å². The number of aliphatic hydroxyl groups excluding tert-OH is 1. The molecular formula is C14H22N4O. The number of aromatic nitrogens is 3. The van der Waals surface area contributed by atoms with Gasteiger partial charge in [0.1, 0.15) is 11.6 Å². The van der Waals surface area contributed by atoms with Crippen LogP contribution in [0.25, 0.3) is 0 Å². The molecule has 5 nitrogen and oxygen atoms in total. The van der Waals surface area contributed by atoms with Gasteiger partial charge in [-0.3, -0.25) is 4.90 Å². The van der Waals surface area contributed by atoms with Gasteiger partial charge in [0.2, 0.25) is 0 Å². The lowest BCUT2D eigenvalue weighted by Crippen LogP contribution is -2.26. The quantitative estimate of drug-likeness (QED) is 0.857. The molecule has 5 heteroatoms. The molecule has 3 atom stereocenters. The summed E-state index contributed by atoms with van der Waals surface area (Å²) in [5, 5.41) is 18.7. The molecule has 0 amide bonds. The number of nitrogens with zero attached hydrogens (tertiary/aromatic N) is 4. The summed E-state index contributed by atoms with van der Waals surface area (Å²) < 4.78 is 2.31. The van der Waals surface area contributed by atoms with Crippen molar-refractivity contribution in [3.05, 3.63) is 11.6 Å². The lowest BCUT2D eigenvalue weighted by molar-refractivity contribution is 0.123. The van der Waals surface area contributed by atoms with E-state index >= 15 is 0 Å². The number of likely N-dealkylation sites (tertiary alicyclic amines) is 1. The average molecular weight is 262 g/mol. The molecule has 104 valence electrons. The van der Waals surface area contributed by atoms with Gasteiger partial charge in [0.05, 0.1) is 12.6 Å². The monoisotopic (exact) mass is 262 g/mol. The zero-order chi connectivity index (χ0) is 12.8. The van der Waals surface area contributed by atoms with Crippen molar-refractivity contribution < 1.29 is 5.11 Å². The molecule has 0 spiro atoms. The summed E-state index contributed by atoms with van der Waals surface area (Å²) in [6.45, 7) is 4.16. The van der Waals surface area contributed by atoms with Gasteiger partial charge in [0, 0.05) is 32.0 Å². The Morgan fingerprint density at radius 2 is 2.11 bits per heavy atom. The van der Waals surface area contributed by atoms with Crippen molar-refractivity contribution in [1.82, 2.24) is 19.7 Å². The molecule has 4 rings (SSSR count). The summed E-state index contributed by atoms with van der Waals surface area (Å²) in [7, 11) is 0. The van der Waals surface area contributed by atoms with Crippen molar-refractivity contribution in [2.45, 2.75) is 51.3 Å². The third-order valence-corrected chi connectivity index (χ3v) is 5.20. The maximum Gasteiger partial charge on any atom is 0.147 e. The maximum atomic E-state index is 9.98. The predicted octanol–water partition coefficient (Wildman–Crippen LogP) is 0.817. The zero-order valence-corrected chi connectivity index (χ0v) is 11.3. The molecule has 3 heterocycles. The molecule has 0 radical (unpaired) electrons. The van der Waals surface area contributed by atoms with Gasteiger partial charge in [0.25, 0.3) is 0 Å². The fourth-order valence-corrected chi connectivity index (χ4v) is 4.14. The highest BCUT2D eigenvalue weighted by Gasteiger charge is 2.41. The number of aliphatic hydroxyl groups is 1. The Balaban J connectivity index is 1.46. The molecule has 3 unspecified atom stereocenters. The van der Waals surface area contributed by atoms with Crippen LogP contribution in [0.4, 0.5) is 0 Å². The van der Waals surface area contributed by atoms with Crippen LogP contribution in [0.5, 0.6) is 0 Å². The van der Waals surface area contributed by atoms with Crippen LogP contribution in [-0.4, -0.2) is 44.0 Å². The first kappa shape index (κ1) is 11.9. The molecule has 1 saturated carbocycles. The average Bonchev–Trinajstić information content (AvgIpc) is 3.09. The van der Waals surface area contributed by atoms with Crippen LogP contribution in [0.1, 0.15) is 37.3 Å². The third-order valence-electron chi connectivity index (χ3n) is 5.20. The molecule has 3 aliphatic rings. The first-order valence-electron chi connectivity index (χ1n) is 7.62. The molecule has 1 aromatic rings. The van der Waals surface area contributed by atoms with E-state index in [-0.39, 0.29) is 6.10 Å². The first-order chi connectivity index (χ1) is 9.31. The second-order valence-electron chi connectivity index (χ2n) is 6.40. The summed E-state index contributed by atoms with van der Waals surface area (Å²) >= 11 is 0. The van der Waals surface area contributed by atoms with E-state index in [1.807, 2.05) is 0 Å². The zero-order valence-electron chi connectivity index (χ0n) is 11.3. The minimum absolute atomic E-state index is 0.0673. The van der Waals surface area contributed by atoms with Crippen LogP contribution >= 0.6 is 0 Å². The van der Waals surface area contributed by atoms with Gasteiger partial charge in [-0.05, 0) is 31.6 Å². The van der Waals surface area contributed by atoms with Crippen LogP contribution in [0, 0.1) is 11.8 Å². The molecule has 1 N–H and O–H groups in total. The van der Waals surface area contributed by atoms with Crippen LogP contribution in [-0.2, 0) is 19.5 Å². The van der Waals surface area contributed by atoms with E-state index < -0.39 is 0 Å². The Morgan fingerprint density at radius 3 is 3.00 bits per heavy atom. The molecule has 2 aliphatic heterocycles. The van der Waals surface area contributed by atoms with Crippen molar-refractivity contribution in [3.8, 4) is 0 Å². The molecule has 1 saturated heterocycles. The highest BCUT2D eigenvalue weighted by atomic mass is 16.3. The fourth-order valence-electron chi connectivity index (χ4n) is 4.14. The van der Waals surface area contributed by atoms with Crippen molar-refractivity contribution in [2.75, 3.05) is 13.1 Å². The lowest BCUT2D eigenvalue weighted by atomic mass is 10.00. The minimum Gasteiger partial charge on any atom is -0.393 e. The Labute approximate surface area is 113 Å².